The molecule has 0 amide bonds. The molecule has 0 unspecified atom stereocenters. The molecule has 1 aromatic heterocycles. The van der Waals surface area contributed by atoms with Crippen LogP contribution in [0, 0.1) is 0 Å². The summed E-state index contributed by atoms with van der Waals surface area (Å²) in [4.78, 5) is 6.31. The molecule has 0 aliphatic heterocycles. The third kappa shape index (κ3) is 2.96. The van der Waals surface area contributed by atoms with Crippen LogP contribution in [0.1, 0.15) is 13.3 Å². The lowest BCUT2D eigenvalue weighted by Gasteiger charge is -2.24. The van der Waals surface area contributed by atoms with Crippen LogP contribution in [0.5, 0.6) is 0 Å². The van der Waals surface area contributed by atoms with E-state index in [1.54, 1.807) is 6.20 Å². The number of hydrogen-bond acceptors (Lipinski definition) is 3. The highest BCUT2D eigenvalue weighted by Crippen LogP contribution is 2.24. The minimum atomic E-state index is 0.675. The van der Waals surface area contributed by atoms with Crippen molar-refractivity contribution in [2.75, 3.05) is 24.5 Å². The van der Waals surface area contributed by atoms with Crippen LogP contribution in [0.15, 0.2) is 22.9 Å². The zero-order valence-corrected chi connectivity index (χ0v) is 10.00. The van der Waals surface area contributed by atoms with Crippen molar-refractivity contribution in [3.05, 3.63) is 22.9 Å². The molecule has 1 aromatic rings. The molecule has 3 nitrogen and oxygen atoms in total. The maximum absolute atomic E-state index is 5.57. The first-order chi connectivity index (χ1) is 6.79. The molecule has 1 heterocycles. The van der Waals surface area contributed by atoms with Crippen molar-refractivity contribution in [3.8, 4) is 0 Å². The monoisotopic (exact) mass is 257 g/mol. The largest absolute Gasteiger partial charge is 0.369 e. The fraction of sp³-hybridized carbons (Fsp3) is 0.500. The fourth-order valence-electron chi connectivity index (χ4n) is 1.40. The van der Waals surface area contributed by atoms with E-state index in [9.17, 15) is 0 Å². The molecule has 4 heteroatoms. The Morgan fingerprint density at radius 2 is 2.29 bits per heavy atom. The zero-order valence-electron chi connectivity index (χ0n) is 8.41. The Morgan fingerprint density at radius 1 is 1.50 bits per heavy atom. The second-order valence-corrected chi connectivity index (χ2v) is 3.96. The molecule has 0 bridgehead atoms. The summed E-state index contributed by atoms with van der Waals surface area (Å²) in [6, 6.07) is 2.01. The van der Waals surface area contributed by atoms with Crippen LogP contribution in [0.2, 0.25) is 0 Å². The van der Waals surface area contributed by atoms with Gasteiger partial charge >= 0.3 is 0 Å². The average Bonchev–Trinajstić information content (AvgIpc) is 2.18. The molecule has 0 fully saturated rings. The number of nitrogens with zero attached hydrogens (tertiary/aromatic N) is 2. The molecule has 78 valence electrons. The van der Waals surface area contributed by atoms with E-state index in [1.165, 1.54) is 5.69 Å². The first kappa shape index (κ1) is 11.5. The van der Waals surface area contributed by atoms with Gasteiger partial charge in [-0.2, -0.15) is 0 Å². The molecular weight excluding hydrogens is 242 g/mol. The number of nitrogens with two attached hydrogens (primary N) is 1. The smallest absolute Gasteiger partial charge is 0.0592 e. The zero-order chi connectivity index (χ0) is 10.4. The topological polar surface area (TPSA) is 42.1 Å². The maximum Gasteiger partial charge on any atom is 0.0592 e. The predicted octanol–water partition coefficient (Wildman–Crippen LogP) is 2.02. The Hall–Kier alpha value is -0.610. The molecule has 0 atom stereocenters. The summed E-state index contributed by atoms with van der Waals surface area (Å²) in [6.07, 6.45) is 4.74. The van der Waals surface area contributed by atoms with Gasteiger partial charge in [-0.3, -0.25) is 4.98 Å². The molecule has 0 radical (unpaired) electrons. The van der Waals surface area contributed by atoms with Gasteiger partial charge in [-0.25, -0.2) is 0 Å². The quantitative estimate of drug-likeness (QED) is 0.878. The fourth-order valence-corrected chi connectivity index (χ4v) is 1.90. The van der Waals surface area contributed by atoms with Crippen molar-refractivity contribution >= 4 is 21.6 Å². The van der Waals surface area contributed by atoms with E-state index >= 15 is 0 Å². The van der Waals surface area contributed by atoms with Gasteiger partial charge in [0.1, 0.15) is 0 Å². The summed E-state index contributed by atoms with van der Waals surface area (Å²) < 4.78 is 1.03. The van der Waals surface area contributed by atoms with Gasteiger partial charge in [0.05, 0.1) is 10.2 Å². The maximum atomic E-state index is 5.57. The molecule has 0 aromatic carbocycles. The third-order valence-electron chi connectivity index (χ3n) is 1.98. The number of pyridine rings is 1. The Balaban J connectivity index is 2.81. The Kier molecular flexibility index (Phi) is 4.90. The molecule has 0 spiro atoms. The summed E-state index contributed by atoms with van der Waals surface area (Å²) in [5.74, 6) is 0. The van der Waals surface area contributed by atoms with Crippen LogP contribution in [0.25, 0.3) is 0 Å². The highest BCUT2D eigenvalue weighted by Gasteiger charge is 2.07. The predicted molar refractivity (Wildman–Crippen MR) is 63.5 cm³/mol. The van der Waals surface area contributed by atoms with Gasteiger partial charge in [-0.15, -0.1) is 0 Å². The van der Waals surface area contributed by atoms with Crippen LogP contribution in [-0.2, 0) is 0 Å². The van der Waals surface area contributed by atoms with E-state index < -0.39 is 0 Å². The van der Waals surface area contributed by atoms with Gasteiger partial charge in [0.2, 0.25) is 0 Å². The number of halogens is 1. The summed E-state index contributed by atoms with van der Waals surface area (Å²) in [6.45, 7) is 4.75. The molecule has 0 saturated carbocycles. The molecule has 14 heavy (non-hydrogen) atoms. The summed E-state index contributed by atoms with van der Waals surface area (Å²) in [5.41, 5.74) is 6.75. The lowest BCUT2D eigenvalue weighted by molar-refractivity contribution is 0.760. The van der Waals surface area contributed by atoms with Crippen molar-refractivity contribution in [2.45, 2.75) is 13.3 Å². The third-order valence-corrected chi connectivity index (χ3v) is 2.60. The van der Waals surface area contributed by atoms with E-state index in [4.69, 9.17) is 5.73 Å². The number of anilines is 1. The molecule has 0 aliphatic rings. The Labute approximate surface area is 93.4 Å². The van der Waals surface area contributed by atoms with E-state index in [-0.39, 0.29) is 0 Å². The molecular formula is C10H16BrN3. The lowest BCUT2D eigenvalue weighted by Crippen LogP contribution is -2.30. The van der Waals surface area contributed by atoms with Crippen LogP contribution in [-0.4, -0.2) is 24.6 Å². The van der Waals surface area contributed by atoms with Crippen LogP contribution in [0.3, 0.4) is 0 Å². The average molecular weight is 258 g/mol. The molecule has 0 aliphatic carbocycles. The first-order valence-electron chi connectivity index (χ1n) is 4.84. The highest BCUT2D eigenvalue weighted by atomic mass is 79.9. The lowest BCUT2D eigenvalue weighted by atomic mass is 10.3. The van der Waals surface area contributed by atoms with Gasteiger partial charge in [0.25, 0.3) is 0 Å². The van der Waals surface area contributed by atoms with Crippen LogP contribution < -0.4 is 10.6 Å². The normalized spacial score (nSPS) is 10.2. The first-order valence-corrected chi connectivity index (χ1v) is 5.63. The van der Waals surface area contributed by atoms with E-state index in [1.807, 2.05) is 12.3 Å². The number of hydrogen-bond donors (Lipinski definition) is 1. The number of aromatic nitrogens is 1. The van der Waals surface area contributed by atoms with Crippen molar-refractivity contribution in [1.29, 1.82) is 0 Å². The minimum Gasteiger partial charge on any atom is -0.369 e. The van der Waals surface area contributed by atoms with Gasteiger partial charge in [-0.05, 0) is 28.4 Å². The van der Waals surface area contributed by atoms with Gasteiger partial charge in [0, 0.05) is 32.0 Å². The highest BCUT2D eigenvalue weighted by molar-refractivity contribution is 9.10. The van der Waals surface area contributed by atoms with Gasteiger partial charge in [0.15, 0.2) is 0 Å². The minimum absolute atomic E-state index is 0.675. The van der Waals surface area contributed by atoms with Gasteiger partial charge in [-0.1, -0.05) is 6.92 Å². The van der Waals surface area contributed by atoms with E-state index in [2.05, 4.69) is 32.7 Å². The van der Waals surface area contributed by atoms with Crippen LogP contribution in [0.4, 0.5) is 5.69 Å². The van der Waals surface area contributed by atoms with Crippen molar-refractivity contribution in [3.63, 3.8) is 0 Å². The Bertz CT molecular complexity index is 272. The van der Waals surface area contributed by atoms with Crippen molar-refractivity contribution in [2.24, 2.45) is 5.73 Å². The SMILES string of the molecule is CCCN(CCN)c1ccncc1Br. The van der Waals surface area contributed by atoms with E-state index in [0.29, 0.717) is 6.54 Å². The van der Waals surface area contributed by atoms with Crippen molar-refractivity contribution in [1.82, 2.24) is 4.98 Å². The van der Waals surface area contributed by atoms with E-state index in [0.717, 1.165) is 24.0 Å². The standard InChI is InChI=1S/C10H16BrN3/c1-2-6-14(7-4-12)10-3-5-13-8-9(10)11/h3,5,8H,2,4,6-7,12H2,1H3. The summed E-state index contributed by atoms with van der Waals surface area (Å²) in [5, 5.41) is 0. The molecule has 0 saturated heterocycles. The second-order valence-electron chi connectivity index (χ2n) is 3.10. The Morgan fingerprint density at radius 3 is 2.86 bits per heavy atom. The summed E-state index contributed by atoms with van der Waals surface area (Å²) >= 11 is 3.49. The van der Waals surface area contributed by atoms with Gasteiger partial charge < -0.3 is 10.6 Å². The second kappa shape index (κ2) is 5.98. The van der Waals surface area contributed by atoms with Crippen LogP contribution >= 0.6 is 15.9 Å². The summed E-state index contributed by atoms with van der Waals surface area (Å²) in [7, 11) is 0. The number of rotatable bonds is 5. The molecule has 1 rings (SSSR count). The molecule has 2 N–H and O–H groups in total. The van der Waals surface area contributed by atoms with Crippen molar-refractivity contribution < 1.29 is 0 Å².